The first-order chi connectivity index (χ1) is 14.5. The summed E-state index contributed by atoms with van der Waals surface area (Å²) >= 11 is 0. The maximum atomic E-state index is 10.5. The molecular weight excluding hydrogens is 376 g/mol. The monoisotopic (exact) mass is 414 g/mol. The predicted octanol–water partition coefficient (Wildman–Crippen LogP) is 3.45. The van der Waals surface area contributed by atoms with Gasteiger partial charge in [-0.2, -0.15) is 5.10 Å². The molecule has 1 fully saturated rings. The van der Waals surface area contributed by atoms with Gasteiger partial charge >= 0.3 is 0 Å². The molecular formula is C24H38N4O2. The minimum Gasteiger partial charge on any atom is -0.491 e. The Labute approximate surface area is 181 Å². The summed E-state index contributed by atoms with van der Waals surface area (Å²) in [6, 6.07) is 8.77. The van der Waals surface area contributed by atoms with Crippen molar-refractivity contribution in [2.75, 3.05) is 26.7 Å². The highest BCUT2D eigenvalue weighted by molar-refractivity contribution is 5.33. The fourth-order valence-electron chi connectivity index (χ4n) is 4.35. The average Bonchev–Trinajstić information content (AvgIpc) is 3.17. The molecule has 1 aromatic carbocycles. The van der Waals surface area contributed by atoms with Crippen molar-refractivity contribution in [1.29, 1.82) is 0 Å². The number of hydrogen-bond donors (Lipinski definition) is 1. The first kappa shape index (κ1) is 22.8. The summed E-state index contributed by atoms with van der Waals surface area (Å²) in [5, 5.41) is 14.8. The van der Waals surface area contributed by atoms with E-state index in [4.69, 9.17) is 4.74 Å². The van der Waals surface area contributed by atoms with Crippen LogP contribution in [-0.4, -0.2) is 63.6 Å². The molecule has 0 bridgehead atoms. The van der Waals surface area contributed by atoms with Crippen LogP contribution in [0.25, 0.3) is 0 Å². The zero-order valence-corrected chi connectivity index (χ0v) is 18.8. The summed E-state index contributed by atoms with van der Waals surface area (Å²) in [5.41, 5.74) is 2.36. The molecule has 0 amide bonds. The molecule has 1 aliphatic rings. The van der Waals surface area contributed by atoms with Crippen molar-refractivity contribution in [1.82, 2.24) is 19.6 Å². The number of hydrogen-bond acceptors (Lipinski definition) is 5. The van der Waals surface area contributed by atoms with Crippen LogP contribution in [0.4, 0.5) is 0 Å². The largest absolute Gasteiger partial charge is 0.491 e. The van der Waals surface area contributed by atoms with Crippen molar-refractivity contribution in [3.8, 4) is 5.75 Å². The molecule has 0 radical (unpaired) electrons. The number of rotatable bonds is 11. The normalized spacial score (nSPS) is 16.3. The second-order valence-corrected chi connectivity index (χ2v) is 8.63. The number of aromatic nitrogens is 2. The molecule has 30 heavy (non-hydrogen) atoms. The predicted molar refractivity (Wildman–Crippen MR) is 120 cm³/mol. The lowest BCUT2D eigenvalue weighted by atomic mass is 9.94. The SMILES string of the molecule is CCN(Cc1cnn(C)c1)Cc1ccccc1OC[C@H](O)CN(C)C1CCCCC1. The van der Waals surface area contributed by atoms with Crippen molar-refractivity contribution in [3.63, 3.8) is 0 Å². The highest BCUT2D eigenvalue weighted by Gasteiger charge is 2.20. The van der Waals surface area contributed by atoms with Gasteiger partial charge in [0, 0.05) is 50.0 Å². The minimum absolute atomic E-state index is 0.322. The molecule has 0 unspecified atom stereocenters. The number of aliphatic hydroxyl groups excluding tert-OH is 1. The van der Waals surface area contributed by atoms with Crippen LogP contribution in [0.2, 0.25) is 0 Å². The Hall–Kier alpha value is -1.89. The number of likely N-dealkylation sites (N-methyl/N-ethyl adjacent to an activating group) is 1. The van der Waals surface area contributed by atoms with E-state index in [1.54, 1.807) is 0 Å². The molecule has 6 nitrogen and oxygen atoms in total. The van der Waals surface area contributed by atoms with Crippen molar-refractivity contribution >= 4 is 0 Å². The molecule has 1 atom stereocenters. The van der Waals surface area contributed by atoms with Crippen LogP contribution >= 0.6 is 0 Å². The third kappa shape index (κ3) is 6.83. The Morgan fingerprint density at radius 3 is 2.67 bits per heavy atom. The van der Waals surface area contributed by atoms with Gasteiger partial charge in [-0.05, 0) is 32.5 Å². The molecule has 166 valence electrons. The van der Waals surface area contributed by atoms with Gasteiger partial charge in [0.2, 0.25) is 0 Å². The Kier molecular flexibility index (Phi) is 8.73. The molecule has 1 N–H and O–H groups in total. The number of benzene rings is 1. The Balaban J connectivity index is 1.52. The van der Waals surface area contributed by atoms with E-state index in [2.05, 4.69) is 41.1 Å². The average molecular weight is 415 g/mol. The van der Waals surface area contributed by atoms with Crippen LogP contribution in [0.3, 0.4) is 0 Å². The fraction of sp³-hybridized carbons (Fsp3) is 0.625. The topological polar surface area (TPSA) is 53.8 Å². The van der Waals surface area contributed by atoms with E-state index >= 15 is 0 Å². The third-order valence-electron chi connectivity index (χ3n) is 6.11. The van der Waals surface area contributed by atoms with E-state index in [1.807, 2.05) is 36.1 Å². The molecule has 6 heteroatoms. The Morgan fingerprint density at radius 1 is 1.20 bits per heavy atom. The lowest BCUT2D eigenvalue weighted by Crippen LogP contribution is -2.40. The molecule has 0 aliphatic heterocycles. The van der Waals surface area contributed by atoms with Crippen molar-refractivity contribution in [2.24, 2.45) is 7.05 Å². The molecule has 1 aromatic heterocycles. The van der Waals surface area contributed by atoms with Crippen molar-refractivity contribution < 1.29 is 9.84 Å². The Bertz CT molecular complexity index is 757. The highest BCUT2D eigenvalue weighted by Crippen LogP contribution is 2.23. The third-order valence-corrected chi connectivity index (χ3v) is 6.11. The van der Waals surface area contributed by atoms with Gasteiger partial charge in [0.05, 0.1) is 6.20 Å². The summed E-state index contributed by atoms with van der Waals surface area (Å²) in [7, 11) is 4.07. The van der Waals surface area contributed by atoms with Gasteiger partial charge in [0.15, 0.2) is 0 Å². The molecule has 1 heterocycles. The molecule has 2 aromatic rings. The van der Waals surface area contributed by atoms with E-state index < -0.39 is 6.10 Å². The minimum atomic E-state index is -0.484. The van der Waals surface area contributed by atoms with Crippen LogP contribution in [0.5, 0.6) is 5.75 Å². The van der Waals surface area contributed by atoms with Crippen LogP contribution in [0.1, 0.15) is 50.2 Å². The number of aryl methyl sites for hydroxylation is 1. The van der Waals surface area contributed by atoms with Gasteiger partial charge in [-0.1, -0.05) is 44.4 Å². The van der Waals surface area contributed by atoms with E-state index in [9.17, 15) is 5.11 Å². The molecule has 1 aliphatic carbocycles. The zero-order chi connectivity index (χ0) is 21.3. The highest BCUT2D eigenvalue weighted by atomic mass is 16.5. The van der Waals surface area contributed by atoms with E-state index in [1.165, 1.54) is 37.7 Å². The first-order valence-corrected chi connectivity index (χ1v) is 11.3. The quantitative estimate of drug-likeness (QED) is 0.610. The van der Waals surface area contributed by atoms with Crippen molar-refractivity contribution in [3.05, 3.63) is 47.8 Å². The first-order valence-electron chi connectivity index (χ1n) is 11.3. The summed E-state index contributed by atoms with van der Waals surface area (Å²) in [4.78, 5) is 4.68. The van der Waals surface area contributed by atoms with Crippen LogP contribution in [0, 0.1) is 0 Å². The lowest BCUT2D eigenvalue weighted by Gasteiger charge is -2.32. The summed E-state index contributed by atoms with van der Waals surface area (Å²) in [6.45, 7) is 5.76. The standard InChI is InChI=1S/C24H38N4O2/c1-4-28(16-20-14-25-27(3)15-20)17-21-10-8-9-13-24(21)30-19-23(29)18-26(2)22-11-6-5-7-12-22/h8-10,13-15,22-23,29H,4-7,11-12,16-19H2,1-3H3/t23-/m1/s1. The van der Waals surface area contributed by atoms with Gasteiger partial charge in [-0.25, -0.2) is 0 Å². The van der Waals surface area contributed by atoms with E-state index in [0.717, 1.165) is 30.9 Å². The fourth-order valence-corrected chi connectivity index (χ4v) is 4.35. The number of para-hydroxylation sites is 1. The van der Waals surface area contributed by atoms with E-state index in [-0.39, 0.29) is 0 Å². The van der Waals surface area contributed by atoms with Gasteiger partial charge in [-0.3, -0.25) is 9.58 Å². The Morgan fingerprint density at radius 2 is 1.97 bits per heavy atom. The van der Waals surface area contributed by atoms with Crippen LogP contribution in [-0.2, 0) is 20.1 Å². The molecule has 1 saturated carbocycles. The van der Waals surface area contributed by atoms with Crippen LogP contribution < -0.4 is 4.74 Å². The van der Waals surface area contributed by atoms with Crippen LogP contribution in [0.15, 0.2) is 36.7 Å². The van der Waals surface area contributed by atoms with Crippen molar-refractivity contribution in [2.45, 2.75) is 64.3 Å². The van der Waals surface area contributed by atoms with Gasteiger partial charge in [-0.15, -0.1) is 0 Å². The number of nitrogens with zero attached hydrogens (tertiary/aromatic N) is 4. The lowest BCUT2D eigenvalue weighted by molar-refractivity contribution is 0.0556. The van der Waals surface area contributed by atoms with E-state index in [0.29, 0.717) is 19.2 Å². The maximum Gasteiger partial charge on any atom is 0.123 e. The second kappa shape index (κ2) is 11.5. The summed E-state index contributed by atoms with van der Waals surface area (Å²) in [6.07, 6.45) is 9.95. The smallest absolute Gasteiger partial charge is 0.123 e. The van der Waals surface area contributed by atoms with Gasteiger partial charge in [0.25, 0.3) is 0 Å². The number of ether oxygens (including phenoxy) is 1. The number of aliphatic hydroxyl groups is 1. The molecule has 0 spiro atoms. The maximum absolute atomic E-state index is 10.5. The molecule has 3 rings (SSSR count). The zero-order valence-electron chi connectivity index (χ0n) is 18.8. The van der Waals surface area contributed by atoms with Gasteiger partial charge in [0.1, 0.15) is 18.5 Å². The second-order valence-electron chi connectivity index (χ2n) is 8.63. The van der Waals surface area contributed by atoms with Gasteiger partial charge < -0.3 is 14.7 Å². The molecule has 0 saturated heterocycles. The summed E-state index contributed by atoms with van der Waals surface area (Å²) < 4.78 is 7.91. The summed E-state index contributed by atoms with van der Waals surface area (Å²) in [5.74, 6) is 0.863.